The van der Waals surface area contributed by atoms with Crippen LogP contribution in [0.2, 0.25) is 0 Å². The lowest BCUT2D eigenvalue weighted by Crippen LogP contribution is -2.70. The number of carbonyl (C=O) groups excluding carboxylic acids is 6. The van der Waals surface area contributed by atoms with E-state index in [4.69, 9.17) is 34.4 Å². The van der Waals surface area contributed by atoms with Gasteiger partial charge in [-0.15, -0.1) is 5.12 Å². The highest BCUT2D eigenvalue weighted by Crippen LogP contribution is 2.40. The summed E-state index contributed by atoms with van der Waals surface area (Å²) in [6, 6.07) is 2.88. The number of hydrogen-bond acceptors (Lipinski definition) is 11. The second-order valence-corrected chi connectivity index (χ2v) is 7.37. The van der Waals surface area contributed by atoms with Crippen LogP contribution in [0.4, 0.5) is 9.59 Å². The average molecular weight is 497 g/mol. The molecule has 8 amide bonds. The number of primary amides is 6. The molecule has 4 rings (SSSR count). The zero-order chi connectivity index (χ0) is 26.7. The molecule has 3 aliphatic heterocycles. The molecule has 0 saturated carbocycles. The number of nitrogens with two attached hydrogens (primary N) is 6. The number of fused-ring (bicyclic) bond motifs is 4. The van der Waals surface area contributed by atoms with E-state index < -0.39 is 68.5 Å². The summed E-state index contributed by atoms with van der Waals surface area (Å²) >= 11 is 0. The summed E-state index contributed by atoms with van der Waals surface area (Å²) in [7, 11) is 0. The van der Waals surface area contributed by atoms with Crippen molar-refractivity contribution < 1.29 is 33.4 Å². The number of quaternary nitrogens is 1. The van der Waals surface area contributed by atoms with Crippen LogP contribution in [-0.2, 0) is 19.2 Å². The molecule has 1 aromatic rings. The van der Waals surface area contributed by atoms with Crippen molar-refractivity contribution in [2.45, 2.75) is 0 Å². The lowest BCUT2D eigenvalue weighted by atomic mass is 9.88. The van der Waals surface area contributed by atoms with Crippen LogP contribution in [-0.4, -0.2) is 50.4 Å². The lowest BCUT2D eigenvalue weighted by molar-refractivity contribution is -0.721. The highest BCUT2D eigenvalue weighted by atomic mass is 16.2. The number of urea groups is 2. The van der Waals surface area contributed by atoms with Crippen LogP contribution in [0.25, 0.3) is 11.5 Å². The minimum absolute atomic E-state index is 0.00131. The molecule has 0 radical (unpaired) electrons. The Labute approximate surface area is 198 Å². The van der Waals surface area contributed by atoms with Crippen molar-refractivity contribution in [2.24, 2.45) is 44.8 Å². The zero-order valence-electron chi connectivity index (χ0n) is 18.0. The predicted octanol–water partition coefficient (Wildman–Crippen LogP) is -5.33. The van der Waals surface area contributed by atoms with Gasteiger partial charge in [-0.2, -0.15) is 5.53 Å². The number of rotatable bonds is 4. The van der Waals surface area contributed by atoms with Crippen molar-refractivity contribution in [3.63, 3.8) is 0 Å². The highest BCUT2D eigenvalue weighted by Gasteiger charge is 2.59. The number of nitrogens with one attached hydrogen (secondary N) is 1. The number of hydrogen-bond donors (Lipinski definition) is 7. The van der Waals surface area contributed by atoms with Gasteiger partial charge < -0.3 is 34.4 Å². The van der Waals surface area contributed by atoms with Crippen molar-refractivity contribution in [1.82, 2.24) is 15.7 Å². The monoisotopic (exact) mass is 497 g/mol. The molecule has 3 heterocycles. The van der Waals surface area contributed by atoms with Gasteiger partial charge in [0, 0.05) is 15.0 Å². The van der Waals surface area contributed by atoms with Gasteiger partial charge in [-0.05, 0) is 6.07 Å². The summed E-state index contributed by atoms with van der Waals surface area (Å²) in [5, 5.41) is 8.60. The Kier molecular flexibility index (Phi) is 4.96. The highest BCUT2D eigenvalue weighted by molar-refractivity contribution is 6.23. The normalized spacial score (nSPS) is 17.6. The van der Waals surface area contributed by atoms with Gasteiger partial charge in [0.15, 0.2) is 0 Å². The summed E-state index contributed by atoms with van der Waals surface area (Å²) in [5.41, 5.74) is 32.0. The molecule has 3 aliphatic rings. The number of benzene rings is 1. The molecule has 184 valence electrons. The van der Waals surface area contributed by atoms with Gasteiger partial charge >= 0.3 is 12.1 Å². The van der Waals surface area contributed by atoms with Gasteiger partial charge in [-0.25, -0.2) is 14.6 Å². The van der Waals surface area contributed by atoms with Crippen LogP contribution < -0.4 is 50.4 Å². The van der Waals surface area contributed by atoms with Gasteiger partial charge in [0.25, 0.3) is 23.5 Å². The maximum absolute atomic E-state index is 12.7. The molecule has 0 spiro atoms. The second-order valence-electron chi connectivity index (χ2n) is 7.37. The first-order valence-corrected chi connectivity index (χ1v) is 9.67. The molecule has 1 aromatic carbocycles. The van der Waals surface area contributed by atoms with Crippen molar-refractivity contribution in [2.75, 3.05) is 0 Å². The van der Waals surface area contributed by atoms with Crippen molar-refractivity contribution >= 4 is 47.2 Å². The summed E-state index contributed by atoms with van der Waals surface area (Å²) in [4.78, 5) is 75.4. The van der Waals surface area contributed by atoms with Gasteiger partial charge in [0.1, 0.15) is 5.70 Å². The van der Waals surface area contributed by atoms with E-state index in [2.05, 4.69) is 16.0 Å². The zero-order valence-corrected chi connectivity index (χ0v) is 18.0. The van der Waals surface area contributed by atoms with E-state index >= 15 is 0 Å². The Hall–Kier alpha value is -5.78. The van der Waals surface area contributed by atoms with Crippen LogP contribution in [0.15, 0.2) is 57.1 Å². The SMILES string of the molecule is NC(=O)C1=C(C(N)=O)C2=c3ccccc3=C3N(NN=N[N+]3(C(N)=O)C(N)=O)N2C(C(N)=O)=C1C(N)=O. The van der Waals surface area contributed by atoms with Crippen LogP contribution in [0.5, 0.6) is 0 Å². The van der Waals surface area contributed by atoms with Crippen LogP contribution >= 0.6 is 0 Å². The Morgan fingerprint density at radius 2 is 1.25 bits per heavy atom. The Balaban J connectivity index is 2.39. The predicted molar refractivity (Wildman–Crippen MR) is 114 cm³/mol. The summed E-state index contributed by atoms with van der Waals surface area (Å²) in [5.74, 6) is -5.75. The average Bonchev–Trinajstić information content (AvgIpc) is 2.80. The molecule has 0 fully saturated rings. The molecule has 18 heteroatoms. The van der Waals surface area contributed by atoms with E-state index in [-0.39, 0.29) is 16.1 Å². The number of nitrogens with zero attached hydrogens (tertiary/aromatic N) is 5. The van der Waals surface area contributed by atoms with Crippen molar-refractivity contribution in [3.05, 3.63) is 57.1 Å². The molecule has 0 aromatic heterocycles. The fourth-order valence-corrected chi connectivity index (χ4v) is 4.16. The molecule has 0 unspecified atom stereocenters. The first-order chi connectivity index (χ1) is 16.9. The van der Waals surface area contributed by atoms with Crippen LogP contribution in [0, 0.1) is 0 Å². The quantitative estimate of drug-likeness (QED) is 0.195. The number of amides is 8. The fourth-order valence-electron chi connectivity index (χ4n) is 4.16. The minimum Gasteiger partial charge on any atom is -0.366 e. The van der Waals surface area contributed by atoms with Crippen LogP contribution in [0.3, 0.4) is 0 Å². The third-order valence-electron chi connectivity index (χ3n) is 5.46. The van der Waals surface area contributed by atoms with Gasteiger partial charge in [-0.3, -0.25) is 19.2 Å². The van der Waals surface area contributed by atoms with Gasteiger partial charge in [-0.1, -0.05) is 18.2 Å². The first-order valence-electron chi connectivity index (χ1n) is 9.67. The molecule has 0 saturated heterocycles. The fraction of sp³-hybridized carbons (Fsp3) is 0. The summed E-state index contributed by atoms with van der Waals surface area (Å²) in [6.45, 7) is 0. The van der Waals surface area contributed by atoms with E-state index in [0.717, 1.165) is 10.1 Å². The molecule has 18 nitrogen and oxygen atoms in total. The summed E-state index contributed by atoms with van der Waals surface area (Å²) < 4.78 is -1.76. The molecular weight excluding hydrogens is 480 g/mol. The number of carbonyl (C=O) groups is 6. The summed E-state index contributed by atoms with van der Waals surface area (Å²) in [6.07, 6.45) is 0. The maximum atomic E-state index is 12.7. The standard InChI is InChI=1S/C18H16N12O6/c19-12(31)7-8(13(20)32)10-5-3-1-2-4-6(5)16-29(26-25-27-30(16,17(23)35)18(24)36)28(10)11(15(22)34)9(7)14(21)33/h1-4H,(H12-,19,20,21,22,23,24,26,27,31,32,33,34,35,36)/p+1. The Morgan fingerprint density at radius 1 is 0.722 bits per heavy atom. The smallest absolute Gasteiger partial charge is 0.366 e. The number of imide groups is 1. The van der Waals surface area contributed by atoms with E-state index in [0.29, 0.717) is 0 Å². The van der Waals surface area contributed by atoms with E-state index in [1.165, 1.54) is 24.3 Å². The maximum Gasteiger partial charge on any atom is 0.458 e. The van der Waals surface area contributed by atoms with Gasteiger partial charge in [0.2, 0.25) is 5.91 Å². The third kappa shape index (κ3) is 2.81. The van der Waals surface area contributed by atoms with Crippen LogP contribution in [0.1, 0.15) is 0 Å². The Bertz CT molecular complexity index is 1540. The Morgan fingerprint density at radius 3 is 1.72 bits per heavy atom. The molecule has 0 aliphatic carbocycles. The molecule has 0 atom stereocenters. The van der Waals surface area contributed by atoms with E-state index in [1.54, 1.807) is 0 Å². The van der Waals surface area contributed by atoms with Crippen molar-refractivity contribution in [3.8, 4) is 0 Å². The molecule has 13 N–H and O–H groups in total. The van der Waals surface area contributed by atoms with Crippen molar-refractivity contribution in [1.29, 1.82) is 0 Å². The first kappa shape index (κ1) is 23.4. The lowest BCUT2D eigenvalue weighted by Gasteiger charge is -2.45. The number of hydrazine groups is 2. The third-order valence-corrected chi connectivity index (χ3v) is 5.46. The second kappa shape index (κ2) is 7.63. The van der Waals surface area contributed by atoms with E-state index in [9.17, 15) is 28.8 Å². The molecule has 0 bridgehead atoms. The molecular formula is C18H17N12O6+. The van der Waals surface area contributed by atoms with E-state index in [1.807, 2.05) is 0 Å². The largest absolute Gasteiger partial charge is 0.458 e. The van der Waals surface area contributed by atoms with Gasteiger partial charge in [0.05, 0.1) is 32.9 Å². The molecule has 36 heavy (non-hydrogen) atoms. The minimum atomic E-state index is -1.76. The topological polar surface area (TPSA) is 302 Å².